The average Bonchev–Trinajstić information content (AvgIpc) is 3.11. The fourth-order valence-corrected chi connectivity index (χ4v) is 1.33. The second kappa shape index (κ2) is 5.90. The summed E-state index contributed by atoms with van der Waals surface area (Å²) in [5.74, 6) is -1.18. The van der Waals surface area contributed by atoms with Gasteiger partial charge in [0.05, 0.1) is 0 Å². The molecule has 1 aliphatic rings. The number of carbonyl (C=O) groups excluding carboxylic acids is 2. The van der Waals surface area contributed by atoms with Gasteiger partial charge in [-0.1, -0.05) is 0 Å². The molecule has 0 atom stereocenters. The van der Waals surface area contributed by atoms with Crippen molar-refractivity contribution in [2.24, 2.45) is 0 Å². The molecule has 0 heterocycles. The van der Waals surface area contributed by atoms with Gasteiger partial charge in [-0.2, -0.15) is 0 Å². The van der Waals surface area contributed by atoms with Crippen LogP contribution in [-0.2, 0) is 9.59 Å². The highest BCUT2D eigenvalue weighted by Crippen LogP contribution is 2.18. The fourth-order valence-electron chi connectivity index (χ4n) is 1.33. The standard InChI is InChI=1S/C12H21N3O4/c1-12(2,10(17)18)15(3)11(19)13-7-6-9(16)14-8-4-5-8/h8H,4-7H2,1-3H3,(H,13,19)(H,14,16)(H,17,18). The second-order valence-corrected chi connectivity index (χ2v) is 5.25. The fraction of sp³-hybridized carbons (Fsp3) is 0.750. The summed E-state index contributed by atoms with van der Waals surface area (Å²) in [4.78, 5) is 35.2. The van der Waals surface area contributed by atoms with Crippen LogP contribution in [0, 0.1) is 0 Å². The number of likely N-dealkylation sites (N-methyl/N-ethyl adjacent to an activating group) is 1. The maximum absolute atomic E-state index is 11.7. The molecule has 0 aromatic heterocycles. The van der Waals surface area contributed by atoms with Crippen molar-refractivity contribution in [1.82, 2.24) is 15.5 Å². The number of amides is 3. The zero-order chi connectivity index (χ0) is 14.6. The van der Waals surface area contributed by atoms with Gasteiger partial charge in [0, 0.05) is 26.1 Å². The van der Waals surface area contributed by atoms with E-state index in [1.165, 1.54) is 20.9 Å². The predicted molar refractivity (Wildman–Crippen MR) is 68.7 cm³/mol. The van der Waals surface area contributed by atoms with E-state index in [1.807, 2.05) is 0 Å². The normalized spacial score (nSPS) is 14.7. The SMILES string of the molecule is CN(C(=O)NCCC(=O)NC1CC1)C(C)(C)C(=O)O. The molecule has 0 aromatic carbocycles. The molecule has 0 aromatic rings. The van der Waals surface area contributed by atoms with Crippen molar-refractivity contribution in [3.05, 3.63) is 0 Å². The van der Waals surface area contributed by atoms with E-state index in [0.29, 0.717) is 6.04 Å². The molecule has 7 nitrogen and oxygen atoms in total. The van der Waals surface area contributed by atoms with Crippen molar-refractivity contribution in [3.8, 4) is 0 Å². The molecular formula is C12H21N3O4. The van der Waals surface area contributed by atoms with Crippen LogP contribution in [0.2, 0.25) is 0 Å². The number of nitrogens with zero attached hydrogens (tertiary/aromatic N) is 1. The zero-order valence-electron chi connectivity index (χ0n) is 11.5. The number of nitrogens with one attached hydrogen (secondary N) is 2. The first-order valence-electron chi connectivity index (χ1n) is 6.29. The molecule has 0 bridgehead atoms. The van der Waals surface area contributed by atoms with E-state index in [2.05, 4.69) is 10.6 Å². The number of urea groups is 1. The van der Waals surface area contributed by atoms with Crippen molar-refractivity contribution in [1.29, 1.82) is 0 Å². The number of rotatable bonds is 6. The number of carboxylic acids is 1. The number of hydrogen-bond acceptors (Lipinski definition) is 3. The van der Waals surface area contributed by atoms with E-state index in [4.69, 9.17) is 5.11 Å². The van der Waals surface area contributed by atoms with Crippen LogP contribution in [0.5, 0.6) is 0 Å². The van der Waals surface area contributed by atoms with Crippen LogP contribution in [0.1, 0.15) is 33.1 Å². The molecule has 0 spiro atoms. The molecule has 108 valence electrons. The molecule has 1 fully saturated rings. The van der Waals surface area contributed by atoms with Gasteiger partial charge in [0.1, 0.15) is 5.54 Å². The van der Waals surface area contributed by atoms with Crippen LogP contribution in [-0.4, -0.2) is 53.1 Å². The Hall–Kier alpha value is -1.79. The topological polar surface area (TPSA) is 98.7 Å². The van der Waals surface area contributed by atoms with Crippen molar-refractivity contribution in [3.63, 3.8) is 0 Å². The van der Waals surface area contributed by atoms with E-state index in [9.17, 15) is 14.4 Å². The Morgan fingerprint density at radius 3 is 2.37 bits per heavy atom. The van der Waals surface area contributed by atoms with Gasteiger partial charge >= 0.3 is 12.0 Å². The second-order valence-electron chi connectivity index (χ2n) is 5.25. The number of carboxylic acid groups (broad SMARTS) is 1. The summed E-state index contributed by atoms with van der Waals surface area (Å²) in [5, 5.41) is 14.3. The van der Waals surface area contributed by atoms with Crippen molar-refractivity contribution < 1.29 is 19.5 Å². The summed E-state index contributed by atoms with van der Waals surface area (Å²) in [6, 6.07) is -0.205. The molecule has 0 saturated heterocycles. The minimum atomic E-state index is -1.29. The Morgan fingerprint density at radius 2 is 1.89 bits per heavy atom. The van der Waals surface area contributed by atoms with E-state index in [-0.39, 0.29) is 18.9 Å². The van der Waals surface area contributed by atoms with Gasteiger partial charge in [-0.3, -0.25) is 4.79 Å². The summed E-state index contributed by atoms with van der Waals surface area (Å²) < 4.78 is 0. The highest BCUT2D eigenvalue weighted by atomic mass is 16.4. The largest absolute Gasteiger partial charge is 0.480 e. The lowest BCUT2D eigenvalue weighted by Crippen LogP contribution is -2.54. The lowest BCUT2D eigenvalue weighted by Gasteiger charge is -2.31. The molecular weight excluding hydrogens is 250 g/mol. The number of carbonyl (C=O) groups is 3. The lowest BCUT2D eigenvalue weighted by molar-refractivity contribution is -0.146. The Morgan fingerprint density at radius 1 is 1.32 bits per heavy atom. The van der Waals surface area contributed by atoms with Crippen LogP contribution >= 0.6 is 0 Å². The van der Waals surface area contributed by atoms with Gasteiger partial charge in [-0.25, -0.2) is 9.59 Å². The van der Waals surface area contributed by atoms with Crippen LogP contribution in [0.4, 0.5) is 4.79 Å². The predicted octanol–water partition coefficient (Wildman–Crippen LogP) is 0.160. The van der Waals surface area contributed by atoms with Gasteiger partial charge in [0.15, 0.2) is 0 Å². The Labute approximate surface area is 112 Å². The summed E-state index contributed by atoms with van der Waals surface area (Å²) in [6.07, 6.45) is 2.24. The van der Waals surface area contributed by atoms with Crippen molar-refractivity contribution in [2.45, 2.75) is 44.7 Å². The van der Waals surface area contributed by atoms with Crippen LogP contribution in [0.15, 0.2) is 0 Å². The first-order valence-corrected chi connectivity index (χ1v) is 6.29. The smallest absolute Gasteiger partial charge is 0.329 e. The van der Waals surface area contributed by atoms with E-state index < -0.39 is 17.5 Å². The Bertz CT molecular complexity index is 377. The molecule has 0 radical (unpaired) electrons. The molecule has 3 N–H and O–H groups in total. The first kappa shape index (κ1) is 15.3. The van der Waals surface area contributed by atoms with Crippen molar-refractivity contribution >= 4 is 17.9 Å². The third kappa shape index (κ3) is 4.42. The summed E-state index contributed by atoms with van der Waals surface area (Å²) in [6.45, 7) is 3.07. The lowest BCUT2D eigenvalue weighted by atomic mass is 10.1. The van der Waals surface area contributed by atoms with Gasteiger partial charge in [0.2, 0.25) is 5.91 Å². The van der Waals surface area contributed by atoms with Crippen LogP contribution < -0.4 is 10.6 Å². The molecule has 3 amide bonds. The minimum Gasteiger partial charge on any atom is -0.480 e. The van der Waals surface area contributed by atoms with Gasteiger partial charge in [-0.15, -0.1) is 0 Å². The average molecular weight is 271 g/mol. The van der Waals surface area contributed by atoms with Gasteiger partial charge in [-0.05, 0) is 26.7 Å². The monoisotopic (exact) mass is 271 g/mol. The highest BCUT2D eigenvalue weighted by molar-refractivity contribution is 5.85. The Kier molecular flexibility index (Phi) is 4.74. The van der Waals surface area contributed by atoms with Crippen LogP contribution in [0.25, 0.3) is 0 Å². The van der Waals surface area contributed by atoms with Gasteiger partial charge in [0.25, 0.3) is 0 Å². The molecule has 7 heteroatoms. The quantitative estimate of drug-likeness (QED) is 0.641. The first-order chi connectivity index (χ1) is 8.75. The zero-order valence-corrected chi connectivity index (χ0v) is 11.5. The molecule has 1 rings (SSSR count). The summed E-state index contributed by atoms with van der Waals surface area (Å²) >= 11 is 0. The van der Waals surface area contributed by atoms with E-state index >= 15 is 0 Å². The summed E-state index contributed by atoms with van der Waals surface area (Å²) in [7, 11) is 1.41. The number of aliphatic carboxylic acids is 1. The third-order valence-electron chi connectivity index (χ3n) is 3.24. The molecule has 0 aliphatic heterocycles. The molecule has 1 aliphatic carbocycles. The summed E-state index contributed by atoms with van der Waals surface area (Å²) in [5.41, 5.74) is -1.29. The van der Waals surface area contributed by atoms with Crippen molar-refractivity contribution in [2.75, 3.05) is 13.6 Å². The van der Waals surface area contributed by atoms with E-state index in [0.717, 1.165) is 17.7 Å². The number of hydrogen-bond donors (Lipinski definition) is 3. The van der Waals surface area contributed by atoms with Crippen LogP contribution in [0.3, 0.4) is 0 Å². The highest BCUT2D eigenvalue weighted by Gasteiger charge is 2.35. The third-order valence-corrected chi connectivity index (χ3v) is 3.24. The van der Waals surface area contributed by atoms with Gasteiger partial charge < -0.3 is 20.6 Å². The maximum atomic E-state index is 11.7. The van der Waals surface area contributed by atoms with E-state index in [1.54, 1.807) is 0 Å². The molecule has 1 saturated carbocycles. The molecule has 19 heavy (non-hydrogen) atoms. The minimum absolute atomic E-state index is 0.0945. The Balaban J connectivity index is 2.29. The maximum Gasteiger partial charge on any atom is 0.329 e. The molecule has 0 unspecified atom stereocenters.